The Bertz CT molecular complexity index is 1630. The van der Waals surface area contributed by atoms with Gasteiger partial charge in [-0.25, -0.2) is 9.86 Å². The Morgan fingerprint density at radius 1 is 0.923 bits per heavy atom. The minimum absolute atomic E-state index is 0.0171. The predicted molar refractivity (Wildman–Crippen MR) is 191 cm³/mol. The monoisotopic (exact) mass is 720 g/mol. The van der Waals surface area contributed by atoms with Gasteiger partial charge in [0.25, 0.3) is 11.8 Å². The Balaban J connectivity index is 1.66. The Labute approximate surface area is 303 Å². The normalized spacial score (nSPS) is 12.5. The van der Waals surface area contributed by atoms with Crippen molar-refractivity contribution in [2.75, 3.05) is 20.4 Å². The lowest BCUT2D eigenvalue weighted by molar-refractivity contribution is -0.182. The van der Waals surface area contributed by atoms with E-state index in [0.717, 1.165) is 29.9 Å². The number of unbranched alkanes of at least 4 members (excludes halogenated alkanes) is 2. The van der Waals surface area contributed by atoms with Crippen LogP contribution in [0.15, 0.2) is 65.1 Å². The molecule has 3 aromatic rings. The molecule has 3 N–H and O–H groups in total. The number of hydrogen-bond acceptors (Lipinski definition) is 10. The SMILES string of the molecule is CCCCCC(C(=O)NCNC(=O)c1ccc(-c2ccc(C(=O)NC(CC=O)C(=O)OCc3ccccc3)c(OCC)c2)o1)C(CC)N(C=O)OC. The summed E-state index contributed by atoms with van der Waals surface area (Å²) in [5.41, 5.74) is 1.36. The Hall–Kier alpha value is -5.50. The fourth-order valence-corrected chi connectivity index (χ4v) is 5.57. The molecule has 280 valence electrons. The molecule has 0 fully saturated rings. The fraction of sp³-hybridized carbons (Fsp3) is 0.421. The summed E-state index contributed by atoms with van der Waals surface area (Å²) in [7, 11) is 1.37. The molecule has 0 aliphatic rings. The largest absolute Gasteiger partial charge is 0.493 e. The number of esters is 1. The van der Waals surface area contributed by atoms with Crippen LogP contribution in [0.2, 0.25) is 0 Å². The van der Waals surface area contributed by atoms with Crippen molar-refractivity contribution >= 4 is 36.4 Å². The smallest absolute Gasteiger partial charge is 0.329 e. The van der Waals surface area contributed by atoms with Gasteiger partial charge in [0.15, 0.2) is 5.76 Å². The van der Waals surface area contributed by atoms with Gasteiger partial charge in [-0.1, -0.05) is 69.5 Å². The molecule has 0 radical (unpaired) electrons. The highest BCUT2D eigenvalue weighted by Gasteiger charge is 2.31. The summed E-state index contributed by atoms with van der Waals surface area (Å²) in [6.45, 7) is 5.69. The lowest BCUT2D eigenvalue weighted by atomic mass is 9.90. The predicted octanol–water partition coefficient (Wildman–Crippen LogP) is 4.57. The van der Waals surface area contributed by atoms with Gasteiger partial charge >= 0.3 is 5.97 Å². The number of hydrogen-bond donors (Lipinski definition) is 3. The molecule has 0 aliphatic carbocycles. The molecule has 3 atom stereocenters. The molecule has 14 heteroatoms. The van der Waals surface area contributed by atoms with E-state index < -0.39 is 35.8 Å². The van der Waals surface area contributed by atoms with Gasteiger partial charge in [0.2, 0.25) is 12.3 Å². The first kappa shape index (κ1) is 40.9. The molecule has 0 saturated heterocycles. The van der Waals surface area contributed by atoms with Crippen LogP contribution < -0.4 is 20.7 Å². The number of amides is 4. The quantitative estimate of drug-likeness (QED) is 0.0413. The number of nitrogens with zero attached hydrogens (tertiary/aromatic N) is 1. The number of carbonyl (C=O) groups is 6. The molecule has 0 bridgehead atoms. The molecule has 14 nitrogen and oxygen atoms in total. The van der Waals surface area contributed by atoms with E-state index in [-0.39, 0.29) is 49.3 Å². The lowest BCUT2D eigenvalue weighted by Crippen LogP contribution is -2.48. The van der Waals surface area contributed by atoms with E-state index in [0.29, 0.717) is 36.9 Å². The number of carbonyl (C=O) groups excluding carboxylic acids is 6. The van der Waals surface area contributed by atoms with Crippen LogP contribution in [0, 0.1) is 5.92 Å². The zero-order valence-electron chi connectivity index (χ0n) is 30.1. The van der Waals surface area contributed by atoms with Crippen molar-refractivity contribution in [2.45, 2.75) is 78.0 Å². The Kier molecular flexibility index (Phi) is 17.0. The summed E-state index contributed by atoms with van der Waals surface area (Å²) in [6.07, 6.45) is 4.54. The van der Waals surface area contributed by atoms with Crippen molar-refractivity contribution in [2.24, 2.45) is 5.92 Å². The number of ether oxygens (including phenoxy) is 2. The third-order valence-electron chi connectivity index (χ3n) is 8.28. The van der Waals surface area contributed by atoms with Crippen molar-refractivity contribution < 1.29 is 47.5 Å². The van der Waals surface area contributed by atoms with E-state index >= 15 is 0 Å². The first-order valence-corrected chi connectivity index (χ1v) is 17.4. The van der Waals surface area contributed by atoms with E-state index in [9.17, 15) is 28.8 Å². The molecule has 2 aromatic carbocycles. The summed E-state index contributed by atoms with van der Waals surface area (Å²) < 4.78 is 16.8. The van der Waals surface area contributed by atoms with Crippen LogP contribution in [0.25, 0.3) is 11.3 Å². The number of benzene rings is 2. The first-order valence-electron chi connectivity index (χ1n) is 17.4. The van der Waals surface area contributed by atoms with Crippen LogP contribution in [0.5, 0.6) is 5.75 Å². The third kappa shape index (κ3) is 11.8. The summed E-state index contributed by atoms with van der Waals surface area (Å²) in [4.78, 5) is 80.1. The summed E-state index contributed by atoms with van der Waals surface area (Å²) in [6, 6.07) is 15.0. The molecule has 3 rings (SSSR count). The second-order valence-corrected chi connectivity index (χ2v) is 11.8. The van der Waals surface area contributed by atoms with Gasteiger partial charge in [0.05, 0.1) is 37.9 Å². The molecule has 1 heterocycles. The minimum Gasteiger partial charge on any atom is -0.493 e. The average molecular weight is 721 g/mol. The van der Waals surface area contributed by atoms with Crippen molar-refractivity contribution in [3.8, 4) is 17.1 Å². The van der Waals surface area contributed by atoms with Crippen molar-refractivity contribution in [1.82, 2.24) is 21.0 Å². The molecular formula is C38H48N4O10. The molecule has 52 heavy (non-hydrogen) atoms. The van der Waals surface area contributed by atoms with Crippen molar-refractivity contribution in [3.05, 3.63) is 77.6 Å². The van der Waals surface area contributed by atoms with Crippen LogP contribution in [-0.2, 0) is 35.4 Å². The standard InChI is InChI=1S/C38H48N4O10/c1-5-8-10-15-28(31(6-2)42(25-44)49-4)35(45)39-24-40-37(47)33-19-18-32(52-33)27-16-17-29(34(22-27)50-7-3)36(46)41-30(20-21-43)38(48)51-23-26-13-11-9-12-14-26/h9,11-14,16-19,21-22,25,28,30-31H,5-8,10,15,20,23-24H2,1-4H3,(H,39,45)(H,40,47)(H,41,46). The zero-order chi connectivity index (χ0) is 37.9. The van der Waals surface area contributed by atoms with Gasteiger partial charge in [-0.2, -0.15) is 0 Å². The van der Waals surface area contributed by atoms with Crippen LogP contribution in [0.4, 0.5) is 0 Å². The van der Waals surface area contributed by atoms with Gasteiger partial charge < -0.3 is 34.6 Å². The molecule has 3 unspecified atom stereocenters. The first-order chi connectivity index (χ1) is 25.2. The van der Waals surface area contributed by atoms with E-state index in [4.69, 9.17) is 18.7 Å². The second-order valence-electron chi connectivity index (χ2n) is 11.8. The molecule has 0 saturated carbocycles. The van der Waals surface area contributed by atoms with Crippen molar-refractivity contribution in [1.29, 1.82) is 0 Å². The van der Waals surface area contributed by atoms with E-state index in [1.54, 1.807) is 49.4 Å². The third-order valence-corrected chi connectivity index (χ3v) is 8.28. The highest BCUT2D eigenvalue weighted by Crippen LogP contribution is 2.29. The second kappa shape index (κ2) is 21.7. The van der Waals surface area contributed by atoms with E-state index in [1.807, 2.05) is 13.0 Å². The van der Waals surface area contributed by atoms with Gasteiger partial charge in [-0.05, 0) is 49.6 Å². The fourth-order valence-electron chi connectivity index (χ4n) is 5.57. The molecule has 1 aromatic heterocycles. The molecular weight excluding hydrogens is 672 g/mol. The van der Waals surface area contributed by atoms with Crippen LogP contribution in [-0.4, -0.2) is 73.9 Å². The molecule has 0 spiro atoms. The average Bonchev–Trinajstić information content (AvgIpc) is 3.66. The number of rotatable bonds is 23. The molecule has 4 amide bonds. The van der Waals surface area contributed by atoms with Gasteiger partial charge in [-0.15, -0.1) is 0 Å². The summed E-state index contributed by atoms with van der Waals surface area (Å²) in [5, 5.41) is 9.06. The highest BCUT2D eigenvalue weighted by atomic mass is 16.7. The maximum atomic E-state index is 13.3. The minimum atomic E-state index is -1.21. The van der Waals surface area contributed by atoms with Gasteiger partial charge in [0, 0.05) is 12.0 Å². The summed E-state index contributed by atoms with van der Waals surface area (Å²) >= 11 is 0. The zero-order valence-corrected chi connectivity index (χ0v) is 30.1. The van der Waals surface area contributed by atoms with Crippen LogP contribution in [0.1, 0.15) is 85.8 Å². The molecule has 0 aliphatic heterocycles. The number of nitrogens with one attached hydrogen (secondary N) is 3. The maximum Gasteiger partial charge on any atom is 0.329 e. The number of hydroxylamine groups is 2. The summed E-state index contributed by atoms with van der Waals surface area (Å²) in [5.74, 6) is -2.37. The van der Waals surface area contributed by atoms with E-state index in [2.05, 4.69) is 22.9 Å². The number of furan rings is 1. The maximum absolute atomic E-state index is 13.3. The Morgan fingerprint density at radius 3 is 2.35 bits per heavy atom. The number of aldehydes is 1. The topological polar surface area (TPSA) is 183 Å². The van der Waals surface area contributed by atoms with Gasteiger partial charge in [0.1, 0.15) is 30.4 Å². The van der Waals surface area contributed by atoms with Crippen LogP contribution >= 0.6 is 0 Å². The highest BCUT2D eigenvalue weighted by molar-refractivity contribution is 6.00. The van der Waals surface area contributed by atoms with Crippen LogP contribution in [0.3, 0.4) is 0 Å². The van der Waals surface area contributed by atoms with Gasteiger partial charge in [-0.3, -0.25) is 24.0 Å². The Morgan fingerprint density at radius 2 is 1.69 bits per heavy atom. The van der Waals surface area contributed by atoms with Crippen molar-refractivity contribution in [3.63, 3.8) is 0 Å². The van der Waals surface area contributed by atoms with E-state index in [1.165, 1.54) is 19.2 Å². The lowest BCUT2D eigenvalue weighted by Gasteiger charge is -2.31.